The van der Waals surface area contributed by atoms with Gasteiger partial charge in [0.25, 0.3) is 0 Å². The van der Waals surface area contributed by atoms with Crippen molar-refractivity contribution in [1.29, 1.82) is 0 Å². The minimum absolute atomic E-state index is 0.0118. The summed E-state index contributed by atoms with van der Waals surface area (Å²) in [6.45, 7) is 6.17. The zero-order valence-electron chi connectivity index (χ0n) is 12.7. The topological polar surface area (TPSA) is 63.8 Å². The first-order valence-corrected chi connectivity index (χ1v) is 7.72. The van der Waals surface area contributed by atoms with Crippen molar-refractivity contribution in [3.05, 3.63) is 29.8 Å². The minimum Gasteiger partial charge on any atom is -0.338 e. The summed E-state index contributed by atoms with van der Waals surface area (Å²) in [5, 5.41) is 7.63. The first-order chi connectivity index (χ1) is 10.2. The molecule has 1 fully saturated rings. The smallest absolute Gasteiger partial charge is 0.234 e. The quantitative estimate of drug-likeness (QED) is 0.936. The number of aromatic nitrogens is 3. The van der Waals surface area contributed by atoms with Crippen molar-refractivity contribution < 1.29 is 4.52 Å². The number of rotatable bonds is 4. The Hall–Kier alpha value is -1.75. The van der Waals surface area contributed by atoms with Crippen LogP contribution in [0.5, 0.6) is 0 Å². The van der Waals surface area contributed by atoms with E-state index in [0.717, 1.165) is 56.1 Å². The highest BCUT2D eigenvalue weighted by molar-refractivity contribution is 5.48. The Morgan fingerprint density at radius 1 is 1.33 bits per heavy atom. The molecule has 2 aromatic rings. The van der Waals surface area contributed by atoms with E-state index in [1.807, 2.05) is 25.1 Å². The fourth-order valence-electron chi connectivity index (χ4n) is 3.16. The molecule has 1 aliphatic heterocycles. The summed E-state index contributed by atoms with van der Waals surface area (Å²) < 4.78 is 5.61. The second-order valence-electron chi connectivity index (χ2n) is 5.90. The van der Waals surface area contributed by atoms with E-state index in [4.69, 9.17) is 4.52 Å². The predicted molar refractivity (Wildman–Crippen MR) is 81.0 cm³/mol. The lowest BCUT2D eigenvalue weighted by Gasteiger charge is -2.34. The third-order valence-electron chi connectivity index (χ3n) is 4.20. The van der Waals surface area contributed by atoms with Crippen molar-refractivity contribution in [2.45, 2.75) is 44.9 Å². The standard InChI is InChI=1S/C16H22N4O/c1-3-8-16(9-5-10-17-11-16)15-19-14(20-21-15)13-7-4-6-12(2)18-13/h4,6-7,17H,3,5,8-11H2,1-2H3. The van der Waals surface area contributed by atoms with Crippen molar-refractivity contribution >= 4 is 0 Å². The lowest BCUT2D eigenvalue weighted by atomic mass is 9.77. The van der Waals surface area contributed by atoms with Crippen LogP contribution in [-0.4, -0.2) is 28.2 Å². The summed E-state index contributed by atoms with van der Waals surface area (Å²) in [6.07, 6.45) is 4.45. The van der Waals surface area contributed by atoms with E-state index in [-0.39, 0.29) is 5.41 Å². The third kappa shape index (κ3) is 2.83. The van der Waals surface area contributed by atoms with Gasteiger partial charge >= 0.3 is 0 Å². The molecule has 1 unspecified atom stereocenters. The molecule has 3 heterocycles. The van der Waals surface area contributed by atoms with Crippen molar-refractivity contribution in [2.75, 3.05) is 13.1 Å². The van der Waals surface area contributed by atoms with Crippen LogP contribution in [0.15, 0.2) is 22.7 Å². The molecule has 0 radical (unpaired) electrons. The molecule has 0 spiro atoms. The Bertz CT molecular complexity index is 596. The summed E-state index contributed by atoms with van der Waals surface area (Å²) in [5.41, 5.74) is 1.73. The monoisotopic (exact) mass is 286 g/mol. The van der Waals surface area contributed by atoms with Gasteiger partial charge in [-0.2, -0.15) is 4.98 Å². The molecule has 0 amide bonds. The SMILES string of the molecule is CCCC1(c2nc(-c3cccc(C)n3)no2)CCCNC1. The van der Waals surface area contributed by atoms with E-state index < -0.39 is 0 Å². The molecule has 3 rings (SSSR count). The summed E-state index contributed by atoms with van der Waals surface area (Å²) in [5.74, 6) is 1.35. The van der Waals surface area contributed by atoms with Crippen LogP contribution in [0.4, 0.5) is 0 Å². The van der Waals surface area contributed by atoms with Crippen LogP contribution in [0, 0.1) is 6.92 Å². The van der Waals surface area contributed by atoms with Gasteiger partial charge in [-0.05, 0) is 44.9 Å². The minimum atomic E-state index is -0.0118. The molecule has 21 heavy (non-hydrogen) atoms. The van der Waals surface area contributed by atoms with Crippen molar-refractivity contribution in [3.63, 3.8) is 0 Å². The van der Waals surface area contributed by atoms with Gasteiger partial charge in [0.1, 0.15) is 5.69 Å². The lowest BCUT2D eigenvalue weighted by molar-refractivity contribution is 0.213. The number of piperidine rings is 1. The van der Waals surface area contributed by atoms with Crippen LogP contribution in [0.3, 0.4) is 0 Å². The van der Waals surface area contributed by atoms with Gasteiger partial charge < -0.3 is 9.84 Å². The lowest BCUT2D eigenvalue weighted by Crippen LogP contribution is -2.43. The van der Waals surface area contributed by atoms with E-state index >= 15 is 0 Å². The normalized spacial score (nSPS) is 22.4. The van der Waals surface area contributed by atoms with Crippen LogP contribution in [0.2, 0.25) is 0 Å². The Labute approximate surface area is 125 Å². The second kappa shape index (κ2) is 5.93. The number of pyridine rings is 1. The molecule has 1 saturated heterocycles. The predicted octanol–water partition coefficient (Wildman–Crippen LogP) is 2.86. The maximum atomic E-state index is 5.61. The first-order valence-electron chi connectivity index (χ1n) is 7.72. The van der Waals surface area contributed by atoms with Crippen molar-refractivity contribution in [3.8, 4) is 11.5 Å². The van der Waals surface area contributed by atoms with Gasteiger partial charge in [0, 0.05) is 12.2 Å². The molecule has 1 atom stereocenters. The highest BCUT2D eigenvalue weighted by Crippen LogP contribution is 2.35. The molecule has 1 N–H and O–H groups in total. The van der Waals surface area contributed by atoms with Gasteiger partial charge in [0.2, 0.25) is 11.7 Å². The first kappa shape index (κ1) is 14.2. The maximum Gasteiger partial charge on any atom is 0.234 e. The Morgan fingerprint density at radius 3 is 2.95 bits per heavy atom. The number of nitrogens with one attached hydrogen (secondary N) is 1. The number of hydrogen-bond acceptors (Lipinski definition) is 5. The average Bonchev–Trinajstić information content (AvgIpc) is 2.99. The van der Waals surface area contributed by atoms with Crippen molar-refractivity contribution in [2.24, 2.45) is 0 Å². The molecule has 0 aliphatic carbocycles. The highest BCUT2D eigenvalue weighted by Gasteiger charge is 2.38. The third-order valence-corrected chi connectivity index (χ3v) is 4.20. The van der Waals surface area contributed by atoms with Gasteiger partial charge in [-0.1, -0.05) is 24.6 Å². The number of nitrogens with zero attached hydrogens (tertiary/aromatic N) is 3. The fraction of sp³-hybridized carbons (Fsp3) is 0.562. The summed E-state index contributed by atoms with van der Waals surface area (Å²) >= 11 is 0. The van der Waals surface area contributed by atoms with Gasteiger partial charge in [0.05, 0.1) is 5.41 Å². The van der Waals surface area contributed by atoms with Crippen LogP contribution in [0.25, 0.3) is 11.5 Å². The molecule has 5 nitrogen and oxygen atoms in total. The van der Waals surface area contributed by atoms with Gasteiger partial charge in [-0.15, -0.1) is 0 Å². The van der Waals surface area contributed by atoms with Crippen LogP contribution in [0.1, 0.15) is 44.2 Å². The number of aryl methyl sites for hydroxylation is 1. The molecule has 0 bridgehead atoms. The molecule has 2 aromatic heterocycles. The van der Waals surface area contributed by atoms with Crippen LogP contribution >= 0.6 is 0 Å². The fourth-order valence-corrected chi connectivity index (χ4v) is 3.16. The Morgan fingerprint density at radius 2 is 2.24 bits per heavy atom. The average molecular weight is 286 g/mol. The molecular formula is C16H22N4O. The van der Waals surface area contributed by atoms with E-state index in [9.17, 15) is 0 Å². The Balaban J connectivity index is 1.92. The van der Waals surface area contributed by atoms with E-state index in [1.54, 1.807) is 0 Å². The van der Waals surface area contributed by atoms with E-state index in [2.05, 4.69) is 27.4 Å². The molecule has 5 heteroatoms. The largest absolute Gasteiger partial charge is 0.338 e. The van der Waals surface area contributed by atoms with Crippen molar-refractivity contribution in [1.82, 2.24) is 20.4 Å². The zero-order valence-corrected chi connectivity index (χ0v) is 12.7. The van der Waals surface area contributed by atoms with Gasteiger partial charge in [-0.25, -0.2) is 4.98 Å². The molecule has 0 saturated carbocycles. The van der Waals surface area contributed by atoms with Crippen LogP contribution < -0.4 is 5.32 Å². The molecular weight excluding hydrogens is 264 g/mol. The molecule has 0 aromatic carbocycles. The van der Waals surface area contributed by atoms with Gasteiger partial charge in [0.15, 0.2) is 0 Å². The summed E-state index contributed by atoms with van der Waals surface area (Å²) in [6, 6.07) is 5.86. The zero-order chi connectivity index (χ0) is 14.7. The summed E-state index contributed by atoms with van der Waals surface area (Å²) in [4.78, 5) is 9.13. The maximum absolute atomic E-state index is 5.61. The van der Waals surface area contributed by atoms with E-state index in [1.165, 1.54) is 0 Å². The Kier molecular flexibility index (Phi) is 4.01. The highest BCUT2D eigenvalue weighted by atomic mass is 16.5. The summed E-state index contributed by atoms with van der Waals surface area (Å²) in [7, 11) is 0. The van der Waals surface area contributed by atoms with Crippen LogP contribution in [-0.2, 0) is 5.41 Å². The van der Waals surface area contributed by atoms with E-state index in [0.29, 0.717) is 5.82 Å². The molecule has 112 valence electrons. The molecule has 1 aliphatic rings. The second-order valence-corrected chi connectivity index (χ2v) is 5.90. The van der Waals surface area contributed by atoms with Gasteiger partial charge in [-0.3, -0.25) is 0 Å². The number of hydrogen-bond donors (Lipinski definition) is 1.